The predicted octanol–water partition coefficient (Wildman–Crippen LogP) is 2.85. The summed E-state index contributed by atoms with van der Waals surface area (Å²) in [5.41, 5.74) is -0.385. The van der Waals surface area contributed by atoms with Crippen LogP contribution in [0.2, 0.25) is 0 Å². The Hall–Kier alpha value is -2.75. The number of aromatic nitrogens is 1. The van der Waals surface area contributed by atoms with Crippen LogP contribution >= 0.6 is 0 Å². The lowest BCUT2D eigenvalue weighted by Gasteiger charge is -1.94. The van der Waals surface area contributed by atoms with Gasteiger partial charge in [-0.25, -0.2) is 18.6 Å². The Morgan fingerprint density at radius 1 is 1.47 bits per heavy atom. The predicted molar refractivity (Wildman–Crippen MR) is 58.6 cm³/mol. The number of nitriles is 1. The fraction of sp³-hybridized carbons (Fsp3) is 0.0833. The molecule has 0 radical (unpaired) electrons. The lowest BCUT2D eigenvalue weighted by molar-refractivity contribution is 0.0647. The minimum absolute atomic E-state index is 0.258. The van der Waals surface area contributed by atoms with Crippen molar-refractivity contribution in [3.05, 3.63) is 41.3 Å². The summed E-state index contributed by atoms with van der Waals surface area (Å²) in [6.45, 7) is 0. The van der Waals surface area contributed by atoms with Crippen LogP contribution in [-0.4, -0.2) is 16.1 Å². The summed E-state index contributed by atoms with van der Waals surface area (Å²) in [6.07, 6.45) is -3.05. The second-order valence-corrected chi connectivity index (χ2v) is 3.53. The molecule has 0 unspecified atom stereocenters. The van der Waals surface area contributed by atoms with Gasteiger partial charge in [-0.05, 0) is 18.2 Å². The first-order valence-electron chi connectivity index (χ1n) is 5.05. The highest BCUT2D eigenvalue weighted by atomic mass is 19.3. The lowest BCUT2D eigenvalue weighted by Crippen LogP contribution is -1.99. The van der Waals surface area contributed by atoms with Gasteiger partial charge in [-0.15, -0.1) is 0 Å². The van der Waals surface area contributed by atoms with Gasteiger partial charge in [-0.1, -0.05) is 6.07 Å². The molecular weight excluding hydrogens is 258 g/mol. The van der Waals surface area contributed by atoms with Crippen molar-refractivity contribution < 1.29 is 23.1 Å². The van der Waals surface area contributed by atoms with Crippen LogP contribution in [-0.2, 0) is 0 Å². The fourth-order valence-electron chi connectivity index (χ4n) is 1.48. The number of alkyl halides is 2. The zero-order chi connectivity index (χ0) is 14.0. The van der Waals surface area contributed by atoms with Crippen LogP contribution in [0.3, 0.4) is 0 Å². The first-order chi connectivity index (χ1) is 9.02. The van der Waals surface area contributed by atoms with Crippen LogP contribution in [0.4, 0.5) is 8.78 Å². The molecule has 0 spiro atoms. The highest BCUT2D eigenvalue weighted by Crippen LogP contribution is 2.28. The van der Waals surface area contributed by atoms with E-state index in [1.165, 1.54) is 24.3 Å². The van der Waals surface area contributed by atoms with E-state index in [-0.39, 0.29) is 17.0 Å². The van der Waals surface area contributed by atoms with Crippen molar-refractivity contribution in [2.24, 2.45) is 0 Å². The van der Waals surface area contributed by atoms with Gasteiger partial charge >= 0.3 is 5.97 Å². The minimum atomic E-state index is -3.05. The summed E-state index contributed by atoms with van der Waals surface area (Å²) >= 11 is 0. The smallest absolute Gasteiger partial charge is 0.374 e. The van der Waals surface area contributed by atoms with E-state index < -0.39 is 23.8 Å². The third kappa shape index (κ3) is 2.42. The van der Waals surface area contributed by atoms with Gasteiger partial charge in [0, 0.05) is 5.56 Å². The summed E-state index contributed by atoms with van der Waals surface area (Å²) in [7, 11) is 0. The number of halogens is 2. The summed E-state index contributed by atoms with van der Waals surface area (Å²) < 4.78 is 30.1. The van der Waals surface area contributed by atoms with E-state index in [0.29, 0.717) is 0 Å². The molecule has 0 saturated carbocycles. The standard InChI is InChI=1S/C12H6F2N2O3/c13-10(14)8-9(12(17)18)19-11(16-8)7-3-1-2-6(4-7)5-15/h1-4,10H,(H,17,18). The zero-order valence-corrected chi connectivity index (χ0v) is 9.30. The van der Waals surface area contributed by atoms with Gasteiger partial charge in [0.05, 0.1) is 11.6 Å². The SMILES string of the molecule is N#Cc1cccc(-c2nc(C(F)F)c(C(=O)O)o2)c1. The molecule has 0 amide bonds. The lowest BCUT2D eigenvalue weighted by atomic mass is 10.1. The topological polar surface area (TPSA) is 87.1 Å². The normalized spacial score (nSPS) is 10.4. The quantitative estimate of drug-likeness (QED) is 0.920. The van der Waals surface area contributed by atoms with E-state index in [1.54, 1.807) is 0 Å². The maximum atomic E-state index is 12.6. The van der Waals surface area contributed by atoms with Crippen LogP contribution in [0.1, 0.15) is 28.2 Å². The number of carboxylic acid groups (broad SMARTS) is 1. The number of rotatable bonds is 3. The molecule has 2 rings (SSSR count). The third-order valence-electron chi connectivity index (χ3n) is 2.29. The van der Waals surface area contributed by atoms with E-state index in [1.807, 2.05) is 6.07 Å². The van der Waals surface area contributed by atoms with Gasteiger partial charge in [-0.2, -0.15) is 5.26 Å². The van der Waals surface area contributed by atoms with Gasteiger partial charge in [0.15, 0.2) is 5.69 Å². The largest absolute Gasteiger partial charge is 0.475 e. The van der Waals surface area contributed by atoms with Crippen molar-refractivity contribution >= 4 is 5.97 Å². The van der Waals surface area contributed by atoms with Gasteiger partial charge in [0.1, 0.15) is 0 Å². The highest BCUT2D eigenvalue weighted by Gasteiger charge is 2.26. The maximum absolute atomic E-state index is 12.6. The monoisotopic (exact) mass is 264 g/mol. The average molecular weight is 264 g/mol. The van der Waals surface area contributed by atoms with Gasteiger partial charge in [0.2, 0.25) is 11.7 Å². The molecule has 1 N–H and O–H groups in total. The molecule has 0 aliphatic heterocycles. The Morgan fingerprint density at radius 2 is 2.21 bits per heavy atom. The van der Waals surface area contributed by atoms with E-state index in [9.17, 15) is 13.6 Å². The van der Waals surface area contributed by atoms with Crippen LogP contribution in [0.15, 0.2) is 28.7 Å². The Labute approximate surface area is 105 Å². The highest BCUT2D eigenvalue weighted by molar-refractivity contribution is 5.86. The van der Waals surface area contributed by atoms with Crippen LogP contribution in [0.25, 0.3) is 11.5 Å². The molecule has 96 valence electrons. The Kier molecular flexibility index (Phi) is 3.25. The van der Waals surface area contributed by atoms with Crippen molar-refractivity contribution in [1.29, 1.82) is 5.26 Å². The molecule has 5 nitrogen and oxygen atoms in total. The van der Waals surface area contributed by atoms with E-state index in [0.717, 1.165) is 0 Å². The van der Waals surface area contributed by atoms with Gasteiger partial charge in [0.25, 0.3) is 6.43 Å². The summed E-state index contributed by atoms with van der Waals surface area (Å²) in [5.74, 6) is -2.78. The van der Waals surface area contributed by atoms with E-state index in [4.69, 9.17) is 14.8 Å². The molecule has 0 aliphatic rings. The molecule has 0 saturated heterocycles. The summed E-state index contributed by atoms with van der Waals surface area (Å²) in [4.78, 5) is 14.2. The molecule has 1 heterocycles. The van der Waals surface area contributed by atoms with Crippen molar-refractivity contribution in [3.8, 4) is 17.5 Å². The molecule has 0 bridgehead atoms. The minimum Gasteiger partial charge on any atom is -0.475 e. The van der Waals surface area contributed by atoms with E-state index in [2.05, 4.69) is 4.98 Å². The zero-order valence-electron chi connectivity index (χ0n) is 9.30. The average Bonchev–Trinajstić information content (AvgIpc) is 2.84. The van der Waals surface area contributed by atoms with Crippen LogP contribution < -0.4 is 0 Å². The summed E-state index contributed by atoms with van der Waals surface area (Å²) in [6, 6.07) is 7.74. The number of carbonyl (C=O) groups is 1. The van der Waals surface area contributed by atoms with Crippen LogP contribution in [0, 0.1) is 11.3 Å². The molecular formula is C12H6F2N2O3. The number of carboxylic acids is 1. The summed E-state index contributed by atoms with van der Waals surface area (Å²) in [5, 5.41) is 17.5. The second-order valence-electron chi connectivity index (χ2n) is 3.53. The van der Waals surface area contributed by atoms with Gasteiger partial charge < -0.3 is 9.52 Å². The molecule has 19 heavy (non-hydrogen) atoms. The number of nitrogens with zero attached hydrogens (tertiary/aromatic N) is 2. The molecule has 1 aromatic heterocycles. The molecule has 0 atom stereocenters. The second kappa shape index (κ2) is 4.86. The van der Waals surface area contributed by atoms with Crippen molar-refractivity contribution in [2.45, 2.75) is 6.43 Å². The van der Waals surface area contributed by atoms with Crippen LogP contribution in [0.5, 0.6) is 0 Å². The van der Waals surface area contributed by atoms with Crippen molar-refractivity contribution in [1.82, 2.24) is 4.98 Å². The van der Waals surface area contributed by atoms with Crippen molar-refractivity contribution in [3.63, 3.8) is 0 Å². The Morgan fingerprint density at radius 3 is 2.74 bits per heavy atom. The number of oxazole rings is 1. The molecule has 1 aromatic carbocycles. The first kappa shape index (κ1) is 12.7. The number of benzene rings is 1. The molecule has 0 aliphatic carbocycles. The first-order valence-corrected chi connectivity index (χ1v) is 5.05. The number of hydrogen-bond donors (Lipinski definition) is 1. The van der Waals surface area contributed by atoms with Gasteiger partial charge in [-0.3, -0.25) is 0 Å². The van der Waals surface area contributed by atoms with E-state index >= 15 is 0 Å². The number of aromatic carboxylic acids is 1. The Balaban J connectivity index is 2.54. The molecule has 7 heteroatoms. The Bertz CT molecular complexity index is 674. The van der Waals surface area contributed by atoms with Crippen molar-refractivity contribution in [2.75, 3.05) is 0 Å². The molecule has 2 aromatic rings. The third-order valence-corrected chi connectivity index (χ3v) is 2.29. The maximum Gasteiger partial charge on any atom is 0.374 e. The number of hydrogen-bond acceptors (Lipinski definition) is 4. The fourth-order valence-corrected chi connectivity index (χ4v) is 1.48. The molecule has 0 fully saturated rings.